The van der Waals surface area contributed by atoms with Gasteiger partial charge in [0.15, 0.2) is 11.5 Å². The van der Waals surface area contributed by atoms with Crippen molar-refractivity contribution in [2.24, 2.45) is 0 Å². The van der Waals surface area contributed by atoms with Gasteiger partial charge in [-0.15, -0.1) is 6.58 Å². The van der Waals surface area contributed by atoms with Crippen molar-refractivity contribution in [2.45, 2.75) is 26.5 Å². The second kappa shape index (κ2) is 12.5. The molecule has 0 atom stereocenters. The summed E-state index contributed by atoms with van der Waals surface area (Å²) in [6, 6.07) is 20.2. The molecule has 0 aliphatic carbocycles. The van der Waals surface area contributed by atoms with Crippen molar-refractivity contribution in [1.29, 1.82) is 5.26 Å². The van der Waals surface area contributed by atoms with Crippen LogP contribution >= 0.6 is 23.4 Å². The first-order chi connectivity index (χ1) is 18.4. The molecule has 1 fully saturated rings. The van der Waals surface area contributed by atoms with E-state index in [9.17, 15) is 14.9 Å². The summed E-state index contributed by atoms with van der Waals surface area (Å²) in [7, 11) is 0. The fourth-order valence-corrected chi connectivity index (χ4v) is 5.02. The highest BCUT2D eigenvalue weighted by Gasteiger charge is 2.35. The summed E-state index contributed by atoms with van der Waals surface area (Å²) in [5.74, 6) is 0.687. The van der Waals surface area contributed by atoms with Crippen molar-refractivity contribution in [1.82, 2.24) is 4.90 Å². The van der Waals surface area contributed by atoms with E-state index in [1.54, 1.807) is 42.5 Å². The first-order valence-corrected chi connectivity index (χ1v) is 13.1. The van der Waals surface area contributed by atoms with Crippen LogP contribution in [0.4, 0.5) is 4.79 Å². The number of imide groups is 1. The maximum Gasteiger partial charge on any atom is 0.293 e. The van der Waals surface area contributed by atoms with Gasteiger partial charge in [0.1, 0.15) is 6.61 Å². The van der Waals surface area contributed by atoms with Crippen LogP contribution in [0.2, 0.25) is 5.02 Å². The van der Waals surface area contributed by atoms with Crippen LogP contribution in [0.3, 0.4) is 0 Å². The maximum atomic E-state index is 13.2. The van der Waals surface area contributed by atoms with Crippen LogP contribution in [-0.2, 0) is 24.4 Å². The van der Waals surface area contributed by atoms with Crippen molar-refractivity contribution >= 4 is 40.6 Å². The number of ether oxygens (including phenoxy) is 2. The highest BCUT2D eigenvalue weighted by molar-refractivity contribution is 8.18. The van der Waals surface area contributed by atoms with Gasteiger partial charge in [0.25, 0.3) is 11.1 Å². The fraction of sp³-hybridized carbons (Fsp3) is 0.167. The summed E-state index contributed by atoms with van der Waals surface area (Å²) in [4.78, 5) is 27.3. The van der Waals surface area contributed by atoms with Crippen molar-refractivity contribution in [3.63, 3.8) is 0 Å². The zero-order valence-electron chi connectivity index (χ0n) is 20.8. The Hall–Kier alpha value is -3.99. The minimum absolute atomic E-state index is 0.0342. The molecule has 8 heteroatoms. The molecule has 4 rings (SSSR count). The third kappa shape index (κ3) is 6.10. The number of hydrogen-bond donors (Lipinski definition) is 0. The molecule has 38 heavy (non-hydrogen) atoms. The van der Waals surface area contributed by atoms with Crippen molar-refractivity contribution in [2.75, 3.05) is 6.61 Å². The van der Waals surface area contributed by atoms with E-state index >= 15 is 0 Å². The normalized spacial score (nSPS) is 14.0. The minimum atomic E-state index is -0.407. The Morgan fingerprint density at radius 2 is 1.79 bits per heavy atom. The minimum Gasteiger partial charge on any atom is -0.490 e. The van der Waals surface area contributed by atoms with E-state index in [1.165, 1.54) is 0 Å². The van der Waals surface area contributed by atoms with E-state index in [0.29, 0.717) is 51.1 Å². The van der Waals surface area contributed by atoms with E-state index in [4.69, 9.17) is 21.1 Å². The Balaban J connectivity index is 1.63. The number of allylic oxidation sites excluding steroid dienone is 1. The topological polar surface area (TPSA) is 79.6 Å². The Morgan fingerprint density at radius 3 is 2.50 bits per heavy atom. The van der Waals surface area contributed by atoms with Crippen LogP contribution < -0.4 is 9.47 Å². The number of halogens is 1. The summed E-state index contributed by atoms with van der Waals surface area (Å²) in [5.41, 5.74) is 3.41. The SMILES string of the molecule is C=CCc1cc(/C=C2/SC(=O)N(Cc3ccccc3C#N)C2=O)cc(OCC)c1OCc1ccccc1Cl. The quantitative estimate of drug-likeness (QED) is 0.199. The Bertz CT molecular complexity index is 1460. The van der Waals surface area contributed by atoms with Crippen LogP contribution in [0, 0.1) is 11.3 Å². The molecule has 0 spiro atoms. The molecule has 1 aliphatic heterocycles. The first-order valence-electron chi connectivity index (χ1n) is 11.9. The zero-order valence-corrected chi connectivity index (χ0v) is 22.3. The van der Waals surface area contributed by atoms with Crippen LogP contribution in [-0.4, -0.2) is 22.7 Å². The number of nitriles is 1. The Morgan fingerprint density at radius 1 is 1.05 bits per heavy atom. The van der Waals surface area contributed by atoms with Crippen LogP contribution in [0.5, 0.6) is 11.5 Å². The Labute approximate surface area is 231 Å². The molecule has 1 heterocycles. The molecular weight excluding hydrogens is 520 g/mol. The van der Waals surface area contributed by atoms with E-state index in [0.717, 1.165) is 27.8 Å². The summed E-state index contributed by atoms with van der Waals surface area (Å²) < 4.78 is 12.1. The molecule has 0 N–H and O–H groups in total. The third-order valence-electron chi connectivity index (χ3n) is 5.79. The molecule has 192 valence electrons. The van der Waals surface area contributed by atoms with Crippen LogP contribution in [0.25, 0.3) is 6.08 Å². The largest absolute Gasteiger partial charge is 0.490 e. The standard InChI is InChI=1S/C30H25ClN2O4S/c1-3-9-21-14-20(15-26(36-4-2)28(21)37-19-24-12-7-8-13-25(24)31)16-27-29(34)33(30(35)38-27)18-23-11-6-5-10-22(23)17-32/h3,5-8,10-16H,1,4,9,18-19H2,2H3/b27-16+. The van der Waals surface area contributed by atoms with E-state index < -0.39 is 5.91 Å². The van der Waals surface area contributed by atoms with E-state index in [1.807, 2.05) is 37.3 Å². The third-order valence-corrected chi connectivity index (χ3v) is 7.06. The van der Waals surface area contributed by atoms with Gasteiger partial charge in [0.2, 0.25) is 0 Å². The van der Waals surface area contributed by atoms with Crippen molar-refractivity contribution in [3.05, 3.63) is 111 Å². The number of carbonyl (C=O) groups is 2. The second-order valence-corrected chi connectivity index (χ2v) is 9.75. The van der Waals surface area contributed by atoms with Gasteiger partial charge in [-0.25, -0.2) is 0 Å². The van der Waals surface area contributed by atoms with Crippen LogP contribution in [0.15, 0.2) is 78.2 Å². The molecule has 2 amide bonds. The van der Waals surface area contributed by atoms with Gasteiger partial charge in [-0.2, -0.15) is 5.26 Å². The van der Waals surface area contributed by atoms with Gasteiger partial charge >= 0.3 is 0 Å². The molecular formula is C30H25ClN2O4S. The van der Waals surface area contributed by atoms with Gasteiger partial charge in [-0.05, 0) is 66.6 Å². The van der Waals surface area contributed by atoms with E-state index in [-0.39, 0.29) is 18.4 Å². The number of thioether (sulfide) groups is 1. The first kappa shape index (κ1) is 27.1. The summed E-state index contributed by atoms with van der Waals surface area (Å²) in [6.45, 7) is 6.44. The molecule has 3 aromatic rings. The molecule has 0 bridgehead atoms. The smallest absolute Gasteiger partial charge is 0.293 e. The Kier molecular flexibility index (Phi) is 8.90. The molecule has 0 saturated carbocycles. The lowest BCUT2D eigenvalue weighted by atomic mass is 10.0. The second-order valence-electron chi connectivity index (χ2n) is 8.35. The molecule has 0 aromatic heterocycles. The number of benzene rings is 3. The maximum absolute atomic E-state index is 13.2. The number of rotatable bonds is 10. The fourth-order valence-electron chi connectivity index (χ4n) is 3.99. The van der Waals surface area contributed by atoms with Gasteiger partial charge in [0.05, 0.1) is 29.7 Å². The number of nitrogens with zero attached hydrogens (tertiary/aromatic N) is 2. The molecule has 6 nitrogen and oxygen atoms in total. The highest BCUT2D eigenvalue weighted by atomic mass is 35.5. The molecule has 1 aliphatic rings. The van der Waals surface area contributed by atoms with Gasteiger partial charge in [-0.1, -0.05) is 54.1 Å². The number of hydrogen-bond acceptors (Lipinski definition) is 6. The lowest BCUT2D eigenvalue weighted by Gasteiger charge is -2.17. The van der Waals surface area contributed by atoms with Crippen molar-refractivity contribution in [3.8, 4) is 17.6 Å². The lowest BCUT2D eigenvalue weighted by Crippen LogP contribution is -2.27. The summed E-state index contributed by atoms with van der Waals surface area (Å²) in [5, 5.41) is 9.59. The van der Waals surface area contributed by atoms with Crippen LogP contribution in [0.1, 0.15) is 34.7 Å². The van der Waals surface area contributed by atoms with Crippen molar-refractivity contribution < 1.29 is 19.1 Å². The lowest BCUT2D eigenvalue weighted by molar-refractivity contribution is -0.123. The summed E-state index contributed by atoms with van der Waals surface area (Å²) in [6.07, 6.45) is 3.94. The highest BCUT2D eigenvalue weighted by Crippen LogP contribution is 2.38. The molecule has 1 saturated heterocycles. The monoisotopic (exact) mass is 544 g/mol. The zero-order chi connectivity index (χ0) is 27.1. The summed E-state index contributed by atoms with van der Waals surface area (Å²) >= 11 is 7.17. The van der Waals surface area contributed by atoms with Gasteiger partial charge in [0, 0.05) is 16.1 Å². The molecule has 3 aromatic carbocycles. The average Bonchev–Trinajstić information content (AvgIpc) is 3.17. The molecule has 0 unspecified atom stereocenters. The predicted molar refractivity (Wildman–Crippen MR) is 150 cm³/mol. The number of amides is 2. The van der Waals surface area contributed by atoms with Gasteiger partial charge < -0.3 is 9.47 Å². The molecule has 0 radical (unpaired) electrons. The van der Waals surface area contributed by atoms with E-state index in [2.05, 4.69) is 12.6 Å². The predicted octanol–water partition coefficient (Wildman–Crippen LogP) is 7.15. The number of carbonyl (C=O) groups excluding carboxylic acids is 2. The van der Waals surface area contributed by atoms with Gasteiger partial charge in [-0.3, -0.25) is 14.5 Å². The average molecular weight is 545 g/mol.